The van der Waals surface area contributed by atoms with Crippen LogP contribution in [0.2, 0.25) is 0 Å². The second kappa shape index (κ2) is 3.47. The van der Waals surface area contributed by atoms with E-state index in [1.54, 1.807) is 12.1 Å². The number of ether oxygens (including phenoxy) is 1. The van der Waals surface area contributed by atoms with E-state index < -0.39 is 23.6 Å². The third kappa shape index (κ3) is 1.43. The van der Waals surface area contributed by atoms with Gasteiger partial charge in [-0.3, -0.25) is 9.59 Å². The third-order valence-electron chi connectivity index (χ3n) is 2.59. The zero-order valence-electron chi connectivity index (χ0n) is 8.14. The zero-order valence-corrected chi connectivity index (χ0v) is 8.14. The average molecular weight is 206 g/mol. The average Bonchev–Trinajstić information content (AvgIpc) is 2.26. The number of hydrogen-bond donors (Lipinski definition) is 1. The quantitative estimate of drug-likeness (QED) is 0.721. The summed E-state index contributed by atoms with van der Waals surface area (Å²) < 4.78 is 4.93. The molecule has 1 aromatic carbocycles. The van der Waals surface area contributed by atoms with E-state index in [4.69, 9.17) is 9.84 Å². The number of carbonyl (C=O) groups is 2. The fourth-order valence-corrected chi connectivity index (χ4v) is 1.74. The van der Waals surface area contributed by atoms with Crippen molar-refractivity contribution >= 4 is 11.6 Å². The van der Waals surface area contributed by atoms with Gasteiger partial charge in [0.1, 0.15) is 11.9 Å². The fourth-order valence-electron chi connectivity index (χ4n) is 1.74. The van der Waals surface area contributed by atoms with Crippen LogP contribution in [0.15, 0.2) is 24.3 Å². The first-order valence-corrected chi connectivity index (χ1v) is 4.55. The highest BCUT2D eigenvalue weighted by Gasteiger charge is 2.50. The van der Waals surface area contributed by atoms with Crippen molar-refractivity contribution in [2.45, 2.75) is 12.0 Å². The van der Waals surface area contributed by atoms with Gasteiger partial charge in [-0.2, -0.15) is 0 Å². The number of carbonyl (C=O) groups excluding carboxylic acids is 2. The van der Waals surface area contributed by atoms with Gasteiger partial charge in [0.25, 0.3) is 0 Å². The Labute approximate surface area is 86.5 Å². The van der Waals surface area contributed by atoms with E-state index in [1.165, 1.54) is 19.2 Å². The van der Waals surface area contributed by atoms with E-state index in [9.17, 15) is 9.59 Å². The maximum atomic E-state index is 11.3. The predicted molar refractivity (Wildman–Crippen MR) is 51.7 cm³/mol. The molecule has 0 amide bonds. The van der Waals surface area contributed by atoms with E-state index in [0.717, 1.165) is 0 Å². The van der Waals surface area contributed by atoms with Crippen molar-refractivity contribution in [1.29, 1.82) is 0 Å². The third-order valence-corrected chi connectivity index (χ3v) is 2.59. The van der Waals surface area contributed by atoms with E-state index in [2.05, 4.69) is 0 Å². The number of ketones is 2. The highest BCUT2D eigenvalue weighted by Crippen LogP contribution is 2.33. The minimum absolute atomic E-state index is 0.130. The van der Waals surface area contributed by atoms with Gasteiger partial charge in [0.15, 0.2) is 0 Å². The fraction of sp³-hybridized carbons (Fsp3) is 0.273. The second-order valence-electron chi connectivity index (χ2n) is 3.45. The Bertz CT molecular complexity index is 407. The second-order valence-corrected chi connectivity index (χ2v) is 3.45. The van der Waals surface area contributed by atoms with Crippen LogP contribution < -0.4 is 0 Å². The van der Waals surface area contributed by atoms with Crippen LogP contribution in [0.1, 0.15) is 11.5 Å². The Morgan fingerprint density at radius 2 is 1.73 bits per heavy atom. The molecule has 0 saturated heterocycles. The Morgan fingerprint density at radius 1 is 1.13 bits per heavy atom. The summed E-state index contributed by atoms with van der Waals surface area (Å²) in [7, 11) is 1.41. The van der Waals surface area contributed by atoms with Crippen LogP contribution in [0.3, 0.4) is 0 Å². The summed E-state index contributed by atoms with van der Waals surface area (Å²) in [5.41, 5.74) is 0.698. The molecule has 4 nitrogen and oxygen atoms in total. The highest BCUT2D eigenvalue weighted by atomic mass is 16.5. The normalized spacial score (nSPS) is 25.1. The highest BCUT2D eigenvalue weighted by molar-refractivity contribution is 6.48. The molecule has 0 spiro atoms. The number of Topliss-reactive ketones (excluding diaryl/α,β-unsaturated/α-hetero) is 2. The maximum Gasteiger partial charge on any atom is 0.228 e. The molecule has 15 heavy (non-hydrogen) atoms. The number of aromatic hydroxyl groups is 1. The monoisotopic (exact) mass is 206 g/mol. The van der Waals surface area contributed by atoms with Crippen molar-refractivity contribution in [2.24, 2.45) is 0 Å². The number of methoxy groups -OCH3 is 1. The van der Waals surface area contributed by atoms with Gasteiger partial charge in [0, 0.05) is 7.11 Å². The smallest absolute Gasteiger partial charge is 0.228 e. The van der Waals surface area contributed by atoms with E-state index in [-0.39, 0.29) is 5.75 Å². The lowest BCUT2D eigenvalue weighted by Gasteiger charge is -2.31. The van der Waals surface area contributed by atoms with Crippen LogP contribution in [-0.4, -0.2) is 29.9 Å². The number of phenols is 1. The Kier molecular flexibility index (Phi) is 2.28. The van der Waals surface area contributed by atoms with Gasteiger partial charge in [0.05, 0.1) is 5.92 Å². The van der Waals surface area contributed by atoms with Crippen LogP contribution in [0.25, 0.3) is 0 Å². The molecular weight excluding hydrogens is 196 g/mol. The van der Waals surface area contributed by atoms with Gasteiger partial charge in [0.2, 0.25) is 11.6 Å². The van der Waals surface area contributed by atoms with Gasteiger partial charge in [-0.1, -0.05) is 12.1 Å². The molecule has 0 radical (unpaired) electrons. The molecule has 4 heteroatoms. The van der Waals surface area contributed by atoms with Crippen LogP contribution >= 0.6 is 0 Å². The summed E-state index contributed by atoms with van der Waals surface area (Å²) in [6.45, 7) is 0. The number of benzene rings is 1. The lowest BCUT2D eigenvalue weighted by Crippen LogP contribution is -2.51. The molecule has 1 fully saturated rings. The lowest BCUT2D eigenvalue weighted by atomic mass is 9.74. The van der Waals surface area contributed by atoms with Crippen molar-refractivity contribution in [3.8, 4) is 5.75 Å². The molecule has 1 aliphatic carbocycles. The summed E-state index contributed by atoms with van der Waals surface area (Å²) in [4.78, 5) is 22.4. The summed E-state index contributed by atoms with van der Waals surface area (Å²) in [5.74, 6) is -1.28. The first-order chi connectivity index (χ1) is 7.15. The van der Waals surface area contributed by atoms with E-state index in [0.29, 0.717) is 5.56 Å². The van der Waals surface area contributed by atoms with Gasteiger partial charge < -0.3 is 9.84 Å². The molecule has 78 valence electrons. The summed E-state index contributed by atoms with van der Waals surface area (Å²) in [6, 6.07) is 6.21. The van der Waals surface area contributed by atoms with Gasteiger partial charge >= 0.3 is 0 Å². The van der Waals surface area contributed by atoms with Crippen molar-refractivity contribution in [1.82, 2.24) is 0 Å². The first-order valence-electron chi connectivity index (χ1n) is 4.55. The molecule has 1 aliphatic rings. The van der Waals surface area contributed by atoms with Crippen LogP contribution in [0, 0.1) is 0 Å². The van der Waals surface area contributed by atoms with Gasteiger partial charge in [-0.05, 0) is 17.7 Å². The molecule has 0 bridgehead atoms. The molecule has 0 heterocycles. The van der Waals surface area contributed by atoms with Crippen LogP contribution in [0.4, 0.5) is 0 Å². The topological polar surface area (TPSA) is 63.6 Å². The largest absolute Gasteiger partial charge is 0.508 e. The molecule has 1 saturated carbocycles. The van der Waals surface area contributed by atoms with Crippen molar-refractivity contribution in [3.63, 3.8) is 0 Å². The van der Waals surface area contributed by atoms with Crippen molar-refractivity contribution < 1.29 is 19.4 Å². The predicted octanol–water partition coefficient (Wildman–Crippen LogP) is 0.643. The molecule has 1 aromatic rings. The molecule has 2 rings (SSSR count). The number of hydrogen-bond acceptors (Lipinski definition) is 4. The summed E-state index contributed by atoms with van der Waals surface area (Å²) in [5, 5.41) is 9.09. The standard InChI is InChI=1S/C11H10O4/c1-15-11-8(9(13)10(11)14)6-2-4-7(12)5-3-6/h2-5,8,11-12H,1H3. The molecule has 2 atom stereocenters. The van der Waals surface area contributed by atoms with Gasteiger partial charge in [-0.25, -0.2) is 0 Å². The molecular formula is C11H10O4. The minimum atomic E-state index is -0.665. The number of phenolic OH excluding ortho intramolecular Hbond substituents is 1. The Balaban J connectivity index is 2.28. The lowest BCUT2D eigenvalue weighted by molar-refractivity contribution is -0.156. The van der Waals surface area contributed by atoms with Crippen LogP contribution in [-0.2, 0) is 14.3 Å². The molecule has 2 unspecified atom stereocenters. The Hall–Kier alpha value is -1.68. The van der Waals surface area contributed by atoms with Crippen molar-refractivity contribution in [3.05, 3.63) is 29.8 Å². The summed E-state index contributed by atoms with van der Waals surface area (Å²) in [6.07, 6.45) is -0.665. The summed E-state index contributed by atoms with van der Waals surface area (Å²) >= 11 is 0. The Morgan fingerprint density at radius 3 is 2.27 bits per heavy atom. The molecule has 0 aliphatic heterocycles. The van der Waals surface area contributed by atoms with E-state index >= 15 is 0 Å². The van der Waals surface area contributed by atoms with E-state index in [1.807, 2.05) is 0 Å². The maximum absolute atomic E-state index is 11.3. The first kappa shape index (κ1) is 9.86. The molecule has 0 aromatic heterocycles. The SMILES string of the molecule is COC1C(=O)C(=O)C1c1ccc(O)cc1. The number of rotatable bonds is 2. The molecule has 1 N–H and O–H groups in total. The van der Waals surface area contributed by atoms with Crippen LogP contribution in [0.5, 0.6) is 5.75 Å². The van der Waals surface area contributed by atoms with Crippen molar-refractivity contribution in [2.75, 3.05) is 7.11 Å². The zero-order chi connectivity index (χ0) is 11.0. The van der Waals surface area contributed by atoms with Gasteiger partial charge in [-0.15, -0.1) is 0 Å². The minimum Gasteiger partial charge on any atom is -0.508 e.